The van der Waals surface area contributed by atoms with Crippen molar-refractivity contribution in [2.24, 2.45) is 5.92 Å². The van der Waals surface area contributed by atoms with E-state index in [-0.39, 0.29) is 93.3 Å². The molecule has 21 aliphatic rings. The van der Waals surface area contributed by atoms with Gasteiger partial charge in [0.05, 0.1) is 83.6 Å². The topological polar surface area (TPSA) is 636 Å². The van der Waals surface area contributed by atoms with Gasteiger partial charge >= 0.3 is 0 Å². The van der Waals surface area contributed by atoms with Gasteiger partial charge in [-0.15, -0.1) is 0 Å². The number of nitrogens with one attached hydrogen (secondary N) is 3. The molecule has 109 heavy (non-hydrogen) atoms. The Bertz CT molecular complexity index is 2740. The zero-order valence-electron chi connectivity index (χ0n) is 59.4. The van der Waals surface area contributed by atoms with Crippen LogP contribution in [0.15, 0.2) is 0 Å². The lowest BCUT2D eigenvalue weighted by atomic mass is 9.95. The van der Waals surface area contributed by atoms with Gasteiger partial charge in [-0.3, -0.25) is 19.2 Å². The van der Waals surface area contributed by atoms with Gasteiger partial charge in [-0.05, 0) is 14.0 Å². The highest BCUT2D eigenvalue weighted by Crippen LogP contribution is 2.40. The molecule has 37 atom stereocenters. The largest absolute Gasteiger partial charge is 0.394 e. The number of hydrogen-bond donors (Lipinski definition) is 24. The number of thiol groups is 2. The van der Waals surface area contributed by atoms with E-state index in [0.717, 1.165) is 23.5 Å². The second kappa shape index (κ2) is 44.7. The van der Waals surface area contributed by atoms with Gasteiger partial charge in [0.25, 0.3) is 0 Å². The van der Waals surface area contributed by atoms with E-state index in [1.165, 1.54) is 14.0 Å². The molecule has 21 saturated heterocycles. The summed E-state index contributed by atoms with van der Waals surface area (Å²) in [6, 6.07) is -0.860. The van der Waals surface area contributed by atoms with Gasteiger partial charge < -0.3 is 189 Å². The van der Waals surface area contributed by atoms with Crippen LogP contribution in [0.5, 0.6) is 0 Å². The summed E-state index contributed by atoms with van der Waals surface area (Å²) >= 11 is 10.2. The number of likely N-dealkylation sites (N-methyl/N-ethyl adjacent to an activating group) is 1. The summed E-state index contributed by atoms with van der Waals surface area (Å²) in [7, 11) is 1.50. The smallest absolute Gasteiger partial charge is 0.238 e. The molecule has 0 saturated carbocycles. The molecule has 21 fully saturated rings. The summed E-state index contributed by atoms with van der Waals surface area (Å²) in [5, 5.41) is 227. The van der Waals surface area contributed by atoms with Crippen molar-refractivity contribution in [3.63, 3.8) is 0 Å². The molecule has 0 aromatic heterocycles. The highest BCUT2D eigenvalue weighted by Gasteiger charge is 2.60. The van der Waals surface area contributed by atoms with Gasteiger partial charge in [0.15, 0.2) is 44.0 Å². The molecule has 0 radical (unpaired) electrons. The van der Waals surface area contributed by atoms with Gasteiger partial charge in [-0.25, -0.2) is 0 Å². The molecule has 21 heterocycles. The lowest BCUT2D eigenvalue weighted by Crippen LogP contribution is -2.68. The predicted octanol–water partition coefficient (Wildman–Crippen LogP) is -13.1. The number of aliphatic hydroxyl groups excluding tert-OH is 19. The molecule has 14 unspecified atom stereocenters. The molecule has 46 heteroatoms. The van der Waals surface area contributed by atoms with E-state index < -0.39 is 278 Å². The first kappa shape index (κ1) is 92.7. The Morgan fingerprint density at radius 1 is 0.367 bits per heavy atom. The average molecular weight is 1660 g/mol. The lowest BCUT2D eigenvalue weighted by Gasteiger charge is -2.50. The Kier molecular flexibility index (Phi) is 38.0. The van der Waals surface area contributed by atoms with Gasteiger partial charge in [0.1, 0.15) is 170 Å². The Balaban J connectivity index is 1.09. The molecule has 21 rings (SSSR count). The van der Waals surface area contributed by atoms with E-state index in [1.54, 1.807) is 0 Å². The maximum absolute atomic E-state index is 13.7. The van der Waals surface area contributed by atoms with Crippen molar-refractivity contribution in [3.8, 4) is 0 Å². The number of hydrogen-bond acceptors (Lipinski definition) is 44. The number of carbonyl (C=O) groups excluding carboxylic acids is 4. The van der Waals surface area contributed by atoms with Crippen molar-refractivity contribution in [1.29, 1.82) is 0 Å². The molecule has 2 amide bonds. The Morgan fingerprint density at radius 3 is 0.908 bits per heavy atom. The van der Waals surface area contributed by atoms with E-state index >= 15 is 0 Å². The van der Waals surface area contributed by atoms with Crippen LogP contribution < -0.4 is 16.0 Å². The number of rotatable bonds is 31. The quantitative estimate of drug-likeness (QED) is 0.0226. The number of thioether (sulfide) groups is 2. The molecule has 14 bridgehead atoms. The van der Waals surface area contributed by atoms with Crippen LogP contribution in [0.25, 0.3) is 0 Å². The third-order valence-electron chi connectivity index (χ3n) is 19.4. The van der Waals surface area contributed by atoms with Crippen LogP contribution in [-0.2, 0) is 95.0 Å². The Hall–Kier alpha value is -1.76. The van der Waals surface area contributed by atoms with Crippen LogP contribution in [0.3, 0.4) is 0 Å². The van der Waals surface area contributed by atoms with E-state index in [0.29, 0.717) is 5.75 Å². The van der Waals surface area contributed by atoms with Crippen LogP contribution in [0, 0.1) is 5.92 Å². The van der Waals surface area contributed by atoms with Gasteiger partial charge in [0.2, 0.25) is 11.8 Å². The van der Waals surface area contributed by atoms with E-state index in [2.05, 4.69) is 41.2 Å². The van der Waals surface area contributed by atoms with Crippen molar-refractivity contribution < 1.29 is 192 Å². The fourth-order valence-corrected chi connectivity index (χ4v) is 15.9. The SMILES string of the molecule is CN[C@H](CSCC1O[C@H]2O[C@@H]3C(CO)O[C@H](O[C@@H]4C(CO)O[C@H](O[C@@H]5C(CO)O[C@H](O[C@@H]6C(CSC[C@@H](CC(=O)CCOCCOCCC(C)=O)C(=O)NCCS)O[C@@H](O[C@@H]7C(CO)O[C@@H](O[C@@H]8C(CO)O[C@@H](O[C@H]1[C@H](O)C2O)C(O)[C@H]8O)C(O)[C@H]7O)C(O)[C@H]6O)C(O)[C@H]5O)C(O)[C@H]4O)C(O)[C@H]3O)C(=O)NCCS. The first-order chi connectivity index (χ1) is 52.1. The molecule has 632 valence electrons. The van der Waals surface area contributed by atoms with Crippen LogP contribution in [0.4, 0.5) is 0 Å². The predicted molar refractivity (Wildman–Crippen MR) is 370 cm³/mol. The van der Waals surface area contributed by atoms with Gasteiger partial charge in [0, 0.05) is 66.9 Å². The number of aliphatic hydroxyl groups is 19. The molecule has 0 aliphatic carbocycles. The minimum atomic E-state index is -2.29. The second-order valence-corrected chi connectivity index (χ2v) is 30.1. The molecule has 0 aromatic rings. The maximum atomic E-state index is 13.7. The monoisotopic (exact) mass is 1660 g/mol. The highest BCUT2D eigenvalue weighted by molar-refractivity contribution is 7.99. The van der Waals surface area contributed by atoms with Crippen molar-refractivity contribution in [3.05, 3.63) is 0 Å². The maximum Gasteiger partial charge on any atom is 0.238 e. The Labute approximate surface area is 644 Å². The molecule has 0 spiro atoms. The molecule has 0 aromatic carbocycles. The van der Waals surface area contributed by atoms with Crippen LogP contribution in [0.2, 0.25) is 0 Å². The lowest BCUT2D eigenvalue weighted by molar-refractivity contribution is -0.395. The summed E-state index contributed by atoms with van der Waals surface area (Å²) in [5.74, 6) is -2.89. The van der Waals surface area contributed by atoms with E-state index in [4.69, 9.17) is 75.8 Å². The summed E-state index contributed by atoms with van der Waals surface area (Å²) in [6.45, 7) is -3.37. The average Bonchev–Trinajstić information content (AvgIpc) is 0.804. The number of ketones is 2. The van der Waals surface area contributed by atoms with Gasteiger partial charge in [-0.1, -0.05) is 0 Å². The standard InChI is InChI=1S/C63H107N3O39S4/c1-23(72)3-7-90-9-10-91-8-4-25(73)13-24(55(88)65-5-11-106)19-108-21-32-53-39(79)46(86)62(97-32)102-51-30(17-70)93-59(42(82)35(51)75)101-50-29(16-69)96-61(45(85)38(50)78)105-54-33(22-109-20-26(64-2)56(89)66-6-12-107)98-63(47(87)40(54)80)103-52-31(18-71)94-58(43(83)36(52)76)99-48-27(14-67)92-57(41(81)34(48)74)100-49-28(15-68)95-60(104-53)44(84)37(49)77/h24,26-54,57-64,67-71,74-87,106-107H,3-22H2,1-2H3,(H,65,88)(H,66,89)/t24-,26-,27?,28?,29?,30?,31?,32?,33?,34-,35-,36-,37-,38-,39-,40-,41?,42?,43?,44?,45?,46?,47?,48-,49-,50-,51-,52-,53-,54-,57-,58-,59+,60-,61+,62+,63+/m1/s1. The van der Waals surface area contributed by atoms with Crippen LogP contribution >= 0.6 is 48.8 Å². The third-order valence-corrected chi connectivity index (χ3v) is 22.2. The third kappa shape index (κ3) is 23.6. The minimum absolute atomic E-state index is 0.0103. The fourth-order valence-electron chi connectivity index (χ4n) is 13.3. The fraction of sp³-hybridized carbons (Fsp3) is 0.937. The highest BCUT2D eigenvalue weighted by atomic mass is 32.2. The minimum Gasteiger partial charge on any atom is -0.394 e. The number of ether oxygens (including phenoxy) is 16. The number of carbonyl (C=O) groups is 4. The van der Waals surface area contributed by atoms with Gasteiger partial charge in [-0.2, -0.15) is 48.8 Å². The number of Topliss-reactive ketones (excluding diaryl/α,β-unsaturated/α-hetero) is 2. The number of amides is 2. The molecule has 21 aliphatic heterocycles. The van der Waals surface area contributed by atoms with Crippen molar-refractivity contribution in [2.75, 3.05) is 114 Å². The normalized spacial score (nSPS) is 43.0. The zero-order chi connectivity index (χ0) is 79.7. The van der Waals surface area contributed by atoms with Crippen LogP contribution in [-0.4, -0.2) is 456 Å². The first-order valence-electron chi connectivity index (χ1n) is 35.6. The summed E-state index contributed by atoms with van der Waals surface area (Å²) in [6.07, 6.45) is -72.0. The molecular formula is C63H107N3O39S4. The van der Waals surface area contributed by atoms with Crippen LogP contribution in [0.1, 0.15) is 26.2 Å². The summed E-state index contributed by atoms with van der Waals surface area (Å²) < 4.78 is 94.6. The molecular weight excluding hydrogens is 1550 g/mol. The summed E-state index contributed by atoms with van der Waals surface area (Å²) in [4.78, 5) is 51.3. The second-order valence-electron chi connectivity index (χ2n) is 27.1. The van der Waals surface area contributed by atoms with E-state index in [1.807, 2.05) is 0 Å². The molecule has 22 N–H and O–H groups in total. The molecule has 42 nitrogen and oxygen atoms in total. The van der Waals surface area contributed by atoms with Crippen molar-refractivity contribution in [2.45, 2.75) is 247 Å². The Morgan fingerprint density at radius 2 is 0.633 bits per heavy atom. The van der Waals surface area contributed by atoms with Crippen molar-refractivity contribution >= 4 is 72.2 Å². The zero-order valence-corrected chi connectivity index (χ0v) is 62.8. The van der Waals surface area contributed by atoms with E-state index in [9.17, 15) is 116 Å². The summed E-state index contributed by atoms with van der Waals surface area (Å²) in [5.41, 5.74) is 0. The van der Waals surface area contributed by atoms with Crippen molar-refractivity contribution in [1.82, 2.24) is 16.0 Å². The first-order valence-corrected chi connectivity index (χ1v) is 39.2.